The standard InChI is InChI=1S/C10H13N3O/c14-10-7-6-9(11-10)13-12-8-4-2-1-3-5-8/h1-5,9,12-13H,6-7H2,(H,11,14). The minimum absolute atomic E-state index is 0.0442. The van der Waals surface area contributed by atoms with E-state index >= 15 is 0 Å². The van der Waals surface area contributed by atoms with Crippen molar-refractivity contribution in [3.8, 4) is 0 Å². The van der Waals surface area contributed by atoms with E-state index in [-0.39, 0.29) is 12.1 Å². The van der Waals surface area contributed by atoms with Crippen molar-refractivity contribution >= 4 is 11.6 Å². The van der Waals surface area contributed by atoms with Crippen LogP contribution in [-0.2, 0) is 4.79 Å². The predicted octanol–water partition coefficient (Wildman–Crippen LogP) is 0.839. The summed E-state index contributed by atoms with van der Waals surface area (Å²) >= 11 is 0. The Kier molecular flexibility index (Phi) is 2.65. The molecule has 2 rings (SSSR count). The van der Waals surface area contributed by atoms with Crippen molar-refractivity contribution in [1.29, 1.82) is 0 Å². The van der Waals surface area contributed by atoms with Crippen LogP contribution in [0.3, 0.4) is 0 Å². The Morgan fingerprint density at radius 2 is 2.07 bits per heavy atom. The van der Waals surface area contributed by atoms with Gasteiger partial charge in [0.1, 0.15) is 0 Å². The molecule has 0 aliphatic carbocycles. The SMILES string of the molecule is O=C1CCC(NNc2ccccc2)N1. The van der Waals surface area contributed by atoms with E-state index < -0.39 is 0 Å². The summed E-state index contributed by atoms with van der Waals surface area (Å²) in [6, 6.07) is 9.80. The van der Waals surface area contributed by atoms with Gasteiger partial charge in [0.05, 0.1) is 6.17 Å². The Balaban J connectivity index is 1.80. The number of nitrogens with one attached hydrogen (secondary N) is 3. The third-order valence-corrected chi connectivity index (χ3v) is 2.16. The normalized spacial score (nSPS) is 20.6. The lowest BCUT2D eigenvalue weighted by Gasteiger charge is -2.14. The zero-order valence-electron chi connectivity index (χ0n) is 7.79. The fraction of sp³-hybridized carbons (Fsp3) is 0.300. The van der Waals surface area contributed by atoms with Crippen LogP contribution in [0.5, 0.6) is 0 Å². The average Bonchev–Trinajstić information content (AvgIpc) is 2.63. The summed E-state index contributed by atoms with van der Waals surface area (Å²) in [4.78, 5) is 10.9. The highest BCUT2D eigenvalue weighted by Gasteiger charge is 2.19. The molecule has 0 aromatic heterocycles. The zero-order chi connectivity index (χ0) is 9.80. The number of hydrogen-bond donors (Lipinski definition) is 3. The van der Waals surface area contributed by atoms with Crippen LogP contribution in [0, 0.1) is 0 Å². The van der Waals surface area contributed by atoms with Gasteiger partial charge < -0.3 is 10.7 Å². The number of amides is 1. The summed E-state index contributed by atoms with van der Waals surface area (Å²) in [6.07, 6.45) is 1.48. The molecule has 1 aromatic carbocycles. The van der Waals surface area contributed by atoms with Crippen LogP contribution in [0.4, 0.5) is 5.69 Å². The molecule has 1 aliphatic heterocycles. The molecule has 1 unspecified atom stereocenters. The van der Waals surface area contributed by atoms with Crippen molar-refractivity contribution in [3.05, 3.63) is 30.3 Å². The number of benzene rings is 1. The average molecular weight is 191 g/mol. The number of rotatable bonds is 3. The zero-order valence-corrected chi connectivity index (χ0v) is 7.79. The van der Waals surface area contributed by atoms with Crippen molar-refractivity contribution in [3.63, 3.8) is 0 Å². The Morgan fingerprint density at radius 3 is 2.71 bits per heavy atom. The first-order valence-corrected chi connectivity index (χ1v) is 4.70. The Hall–Kier alpha value is -1.55. The van der Waals surface area contributed by atoms with Crippen molar-refractivity contribution in [2.45, 2.75) is 19.0 Å². The van der Waals surface area contributed by atoms with E-state index in [1.807, 2.05) is 30.3 Å². The van der Waals surface area contributed by atoms with Gasteiger partial charge in [-0.15, -0.1) is 0 Å². The van der Waals surface area contributed by atoms with Crippen molar-refractivity contribution in [2.24, 2.45) is 0 Å². The van der Waals surface area contributed by atoms with Gasteiger partial charge in [-0.05, 0) is 18.6 Å². The van der Waals surface area contributed by atoms with Crippen molar-refractivity contribution < 1.29 is 4.79 Å². The second-order valence-corrected chi connectivity index (χ2v) is 3.29. The van der Waals surface area contributed by atoms with Crippen LogP contribution < -0.4 is 16.2 Å². The Bertz CT molecular complexity index is 312. The molecular formula is C10H13N3O. The quantitative estimate of drug-likeness (QED) is 0.620. The van der Waals surface area contributed by atoms with Crippen molar-refractivity contribution in [2.75, 3.05) is 5.43 Å². The van der Waals surface area contributed by atoms with Gasteiger partial charge in [0.2, 0.25) is 5.91 Å². The minimum atomic E-state index is 0.0442. The second-order valence-electron chi connectivity index (χ2n) is 3.29. The molecule has 0 spiro atoms. The molecule has 0 radical (unpaired) electrons. The molecule has 1 fully saturated rings. The first-order valence-electron chi connectivity index (χ1n) is 4.70. The molecule has 1 aromatic rings. The fourth-order valence-electron chi connectivity index (χ4n) is 1.41. The number of carbonyl (C=O) groups excluding carboxylic acids is 1. The molecule has 1 amide bonds. The summed E-state index contributed by atoms with van der Waals surface area (Å²) in [7, 11) is 0. The maximum atomic E-state index is 10.9. The third-order valence-electron chi connectivity index (χ3n) is 2.16. The number of hydrazine groups is 1. The maximum Gasteiger partial charge on any atom is 0.221 e. The van der Waals surface area contributed by atoms with Gasteiger partial charge in [0, 0.05) is 12.1 Å². The summed E-state index contributed by atoms with van der Waals surface area (Å²) in [5, 5.41) is 2.81. The van der Waals surface area contributed by atoms with Crippen LogP contribution in [0.1, 0.15) is 12.8 Å². The molecule has 1 heterocycles. The van der Waals surface area contributed by atoms with Crippen LogP contribution >= 0.6 is 0 Å². The molecule has 74 valence electrons. The lowest BCUT2D eigenvalue weighted by atomic mass is 10.3. The molecule has 4 heteroatoms. The maximum absolute atomic E-state index is 10.9. The van der Waals surface area contributed by atoms with Gasteiger partial charge in [0.15, 0.2) is 0 Å². The molecule has 0 saturated carbocycles. The Morgan fingerprint density at radius 1 is 1.29 bits per heavy atom. The topological polar surface area (TPSA) is 53.2 Å². The van der Waals surface area contributed by atoms with E-state index in [1.165, 1.54) is 0 Å². The van der Waals surface area contributed by atoms with Crippen LogP contribution in [0.15, 0.2) is 30.3 Å². The molecular weight excluding hydrogens is 178 g/mol. The van der Waals surface area contributed by atoms with E-state index in [0.717, 1.165) is 12.1 Å². The summed E-state index contributed by atoms with van der Waals surface area (Å²) in [6.45, 7) is 0. The van der Waals surface area contributed by atoms with E-state index in [4.69, 9.17) is 0 Å². The van der Waals surface area contributed by atoms with E-state index in [0.29, 0.717) is 6.42 Å². The first-order chi connectivity index (χ1) is 6.84. The molecule has 4 nitrogen and oxygen atoms in total. The van der Waals surface area contributed by atoms with E-state index in [2.05, 4.69) is 16.2 Å². The number of para-hydroxylation sites is 1. The minimum Gasteiger partial charge on any atom is -0.339 e. The molecule has 1 aliphatic rings. The number of carbonyl (C=O) groups is 1. The molecule has 1 atom stereocenters. The first kappa shape index (κ1) is 9.02. The molecule has 14 heavy (non-hydrogen) atoms. The highest BCUT2D eigenvalue weighted by molar-refractivity contribution is 5.78. The second kappa shape index (κ2) is 4.11. The van der Waals surface area contributed by atoms with Crippen molar-refractivity contribution in [1.82, 2.24) is 10.7 Å². The number of hydrogen-bond acceptors (Lipinski definition) is 3. The van der Waals surface area contributed by atoms with Gasteiger partial charge in [-0.1, -0.05) is 18.2 Å². The van der Waals surface area contributed by atoms with Crippen LogP contribution in [0.2, 0.25) is 0 Å². The van der Waals surface area contributed by atoms with Gasteiger partial charge in [0.25, 0.3) is 0 Å². The van der Waals surface area contributed by atoms with Gasteiger partial charge in [-0.3, -0.25) is 4.79 Å². The van der Waals surface area contributed by atoms with E-state index in [1.54, 1.807) is 0 Å². The fourth-order valence-corrected chi connectivity index (χ4v) is 1.41. The third kappa shape index (κ3) is 2.23. The molecule has 1 saturated heterocycles. The smallest absolute Gasteiger partial charge is 0.221 e. The molecule has 3 N–H and O–H groups in total. The summed E-state index contributed by atoms with van der Waals surface area (Å²) in [5.41, 5.74) is 7.08. The largest absolute Gasteiger partial charge is 0.339 e. The molecule has 0 bridgehead atoms. The monoisotopic (exact) mass is 191 g/mol. The highest BCUT2D eigenvalue weighted by atomic mass is 16.2. The Labute approximate surface area is 82.7 Å². The predicted molar refractivity (Wildman–Crippen MR) is 54.4 cm³/mol. The highest BCUT2D eigenvalue weighted by Crippen LogP contribution is 2.06. The van der Waals surface area contributed by atoms with Crippen LogP contribution in [0.25, 0.3) is 0 Å². The lowest BCUT2D eigenvalue weighted by molar-refractivity contribution is -0.119. The number of anilines is 1. The van der Waals surface area contributed by atoms with Gasteiger partial charge in [-0.25, -0.2) is 5.43 Å². The van der Waals surface area contributed by atoms with Gasteiger partial charge in [-0.2, -0.15) is 0 Å². The van der Waals surface area contributed by atoms with Crippen LogP contribution in [-0.4, -0.2) is 12.1 Å². The summed E-state index contributed by atoms with van der Waals surface area (Å²) in [5.74, 6) is 0.109. The lowest BCUT2D eigenvalue weighted by Crippen LogP contribution is -2.42. The van der Waals surface area contributed by atoms with E-state index in [9.17, 15) is 4.79 Å². The van der Waals surface area contributed by atoms with Gasteiger partial charge >= 0.3 is 0 Å². The summed E-state index contributed by atoms with van der Waals surface area (Å²) < 4.78 is 0.